The quantitative estimate of drug-likeness (QED) is 0.398. The number of esters is 1. The first-order valence-electron chi connectivity index (χ1n) is 10.2. The van der Waals surface area contributed by atoms with Gasteiger partial charge in [-0.15, -0.1) is 10.2 Å². The number of carbonyl (C=O) groups excluding carboxylic acids is 2. The normalized spacial score (nSPS) is 15.9. The average molecular weight is 454 g/mol. The summed E-state index contributed by atoms with van der Waals surface area (Å²) in [7, 11) is 0. The Bertz CT molecular complexity index is 1120. The van der Waals surface area contributed by atoms with E-state index in [2.05, 4.69) is 20.8 Å². The summed E-state index contributed by atoms with van der Waals surface area (Å²) in [5.41, 5.74) is 1.98. The molecule has 1 unspecified atom stereocenters. The van der Waals surface area contributed by atoms with Crippen molar-refractivity contribution in [3.05, 3.63) is 65.6 Å². The third kappa shape index (κ3) is 4.70. The van der Waals surface area contributed by atoms with Crippen LogP contribution < -0.4 is 10.6 Å². The predicted octanol–water partition coefficient (Wildman–Crippen LogP) is 3.20. The minimum absolute atomic E-state index is 0.251. The molecule has 0 radical (unpaired) electrons. The molecule has 0 bridgehead atoms. The molecule has 1 aromatic carbocycles. The zero-order chi connectivity index (χ0) is 22.5. The molecule has 2 amide bonds. The second-order valence-corrected chi connectivity index (χ2v) is 8.02. The number of rotatable bonds is 8. The predicted molar refractivity (Wildman–Crippen MR) is 119 cm³/mol. The number of aromatic nitrogens is 3. The number of amides is 2. The summed E-state index contributed by atoms with van der Waals surface area (Å²) in [5.74, 6) is 1.07. The van der Waals surface area contributed by atoms with E-state index >= 15 is 0 Å². The molecule has 0 saturated carbocycles. The summed E-state index contributed by atoms with van der Waals surface area (Å²) in [6.07, 6.45) is 1.59. The summed E-state index contributed by atoms with van der Waals surface area (Å²) < 4.78 is 12.7. The molecule has 1 aliphatic rings. The van der Waals surface area contributed by atoms with Gasteiger partial charge in [0, 0.05) is 11.4 Å². The van der Waals surface area contributed by atoms with Gasteiger partial charge in [0.05, 0.1) is 31.0 Å². The van der Waals surface area contributed by atoms with Crippen LogP contribution in [0.5, 0.6) is 0 Å². The van der Waals surface area contributed by atoms with Crippen LogP contribution in [0.3, 0.4) is 0 Å². The Morgan fingerprint density at radius 2 is 2.03 bits per heavy atom. The van der Waals surface area contributed by atoms with Crippen LogP contribution in [-0.2, 0) is 16.1 Å². The molecule has 3 heterocycles. The molecule has 1 aliphatic heterocycles. The van der Waals surface area contributed by atoms with Gasteiger partial charge < -0.3 is 19.8 Å². The van der Waals surface area contributed by atoms with Crippen LogP contribution in [0.1, 0.15) is 19.4 Å². The van der Waals surface area contributed by atoms with E-state index in [1.165, 1.54) is 11.8 Å². The maximum Gasteiger partial charge on any atom is 0.337 e. The second kappa shape index (κ2) is 9.73. The highest BCUT2D eigenvalue weighted by molar-refractivity contribution is 7.99. The SMILES string of the molecule is CCOC(=O)C1=C(CSc2nnc(-c3ccco3)n2Cc2ccccc2)NC(=O)NC1C. The largest absolute Gasteiger partial charge is 0.463 e. The monoisotopic (exact) mass is 453 g/mol. The summed E-state index contributed by atoms with van der Waals surface area (Å²) in [6.45, 7) is 4.29. The fraction of sp³-hybridized carbons (Fsp3) is 0.273. The topological polar surface area (TPSA) is 111 Å². The summed E-state index contributed by atoms with van der Waals surface area (Å²) in [5, 5.41) is 14.7. The Labute approximate surface area is 189 Å². The van der Waals surface area contributed by atoms with Gasteiger partial charge in [0.1, 0.15) is 0 Å². The van der Waals surface area contributed by atoms with Gasteiger partial charge in [-0.25, -0.2) is 9.59 Å². The Balaban J connectivity index is 1.64. The fourth-order valence-corrected chi connectivity index (χ4v) is 4.33. The number of benzene rings is 1. The lowest BCUT2D eigenvalue weighted by Crippen LogP contribution is -2.49. The van der Waals surface area contributed by atoms with Gasteiger partial charge in [0.2, 0.25) is 5.82 Å². The van der Waals surface area contributed by atoms with Crippen molar-refractivity contribution in [3.8, 4) is 11.6 Å². The van der Waals surface area contributed by atoms with E-state index in [4.69, 9.17) is 9.15 Å². The van der Waals surface area contributed by atoms with Crippen LogP contribution in [-0.4, -0.2) is 45.2 Å². The van der Waals surface area contributed by atoms with Crippen molar-refractivity contribution < 1.29 is 18.7 Å². The molecule has 10 heteroatoms. The van der Waals surface area contributed by atoms with Gasteiger partial charge in [-0.05, 0) is 31.5 Å². The van der Waals surface area contributed by atoms with E-state index in [0.717, 1.165) is 5.56 Å². The summed E-state index contributed by atoms with van der Waals surface area (Å²) in [4.78, 5) is 24.5. The number of nitrogens with one attached hydrogen (secondary N) is 2. The lowest BCUT2D eigenvalue weighted by molar-refractivity contribution is -0.138. The first kappa shape index (κ1) is 21.7. The molecule has 2 aromatic heterocycles. The minimum atomic E-state index is -0.459. The van der Waals surface area contributed by atoms with E-state index in [1.54, 1.807) is 26.2 Å². The molecule has 9 nitrogen and oxygen atoms in total. The number of hydrogen-bond donors (Lipinski definition) is 2. The van der Waals surface area contributed by atoms with Crippen molar-refractivity contribution in [1.82, 2.24) is 25.4 Å². The first-order valence-corrected chi connectivity index (χ1v) is 11.2. The molecule has 0 fully saturated rings. The Hall–Kier alpha value is -3.53. The van der Waals surface area contributed by atoms with E-state index in [9.17, 15) is 9.59 Å². The van der Waals surface area contributed by atoms with Crippen molar-refractivity contribution in [2.45, 2.75) is 31.6 Å². The minimum Gasteiger partial charge on any atom is -0.463 e. The lowest BCUT2D eigenvalue weighted by Gasteiger charge is -2.26. The Morgan fingerprint density at radius 1 is 1.22 bits per heavy atom. The molecule has 32 heavy (non-hydrogen) atoms. The van der Waals surface area contributed by atoms with E-state index in [0.29, 0.717) is 40.3 Å². The van der Waals surface area contributed by atoms with Gasteiger partial charge in [0.15, 0.2) is 10.9 Å². The molecule has 166 valence electrons. The number of thioether (sulfide) groups is 1. The van der Waals surface area contributed by atoms with Crippen molar-refractivity contribution >= 4 is 23.8 Å². The molecule has 0 spiro atoms. The number of nitrogens with zero attached hydrogens (tertiary/aromatic N) is 3. The van der Waals surface area contributed by atoms with Crippen LogP contribution >= 0.6 is 11.8 Å². The van der Waals surface area contributed by atoms with Gasteiger partial charge in [-0.3, -0.25) is 4.57 Å². The van der Waals surface area contributed by atoms with Crippen LogP contribution in [0.2, 0.25) is 0 Å². The molecule has 3 aromatic rings. The molecular formula is C22H23N5O4S. The summed E-state index contributed by atoms with van der Waals surface area (Å²) >= 11 is 1.37. The van der Waals surface area contributed by atoms with Gasteiger partial charge in [0.25, 0.3) is 0 Å². The maximum absolute atomic E-state index is 12.5. The Morgan fingerprint density at radius 3 is 2.75 bits per heavy atom. The molecule has 0 aliphatic carbocycles. The van der Waals surface area contributed by atoms with Crippen molar-refractivity contribution in [2.24, 2.45) is 0 Å². The molecule has 4 rings (SSSR count). The van der Waals surface area contributed by atoms with Crippen molar-refractivity contribution in [1.29, 1.82) is 0 Å². The standard InChI is InChI=1S/C22H23N5O4S/c1-3-30-20(28)18-14(2)23-21(29)24-16(18)13-32-22-26-25-19(17-10-7-11-31-17)27(22)12-15-8-5-4-6-9-15/h4-11,14H,3,12-13H2,1-2H3,(H2,23,24,29). The van der Waals surface area contributed by atoms with Crippen LogP contribution in [0.15, 0.2) is 69.6 Å². The number of hydrogen-bond acceptors (Lipinski definition) is 7. The Kier molecular flexibility index (Phi) is 6.60. The molecule has 1 atom stereocenters. The second-order valence-electron chi connectivity index (χ2n) is 7.08. The summed E-state index contributed by atoms with van der Waals surface area (Å²) in [6, 6.07) is 12.8. The number of furan rings is 1. The fourth-order valence-electron chi connectivity index (χ4n) is 3.42. The zero-order valence-corrected chi connectivity index (χ0v) is 18.5. The smallest absolute Gasteiger partial charge is 0.337 e. The zero-order valence-electron chi connectivity index (χ0n) is 17.7. The third-order valence-electron chi connectivity index (χ3n) is 4.85. The van der Waals surface area contributed by atoms with Gasteiger partial charge in [-0.2, -0.15) is 0 Å². The van der Waals surface area contributed by atoms with Crippen molar-refractivity contribution in [2.75, 3.05) is 12.4 Å². The van der Waals surface area contributed by atoms with Crippen LogP contribution in [0.4, 0.5) is 4.79 Å². The number of carbonyl (C=O) groups is 2. The highest BCUT2D eigenvalue weighted by Crippen LogP contribution is 2.28. The molecular weight excluding hydrogens is 430 g/mol. The van der Waals surface area contributed by atoms with Crippen molar-refractivity contribution in [3.63, 3.8) is 0 Å². The molecule has 2 N–H and O–H groups in total. The third-order valence-corrected chi connectivity index (χ3v) is 5.85. The molecule has 0 saturated heterocycles. The van der Waals surface area contributed by atoms with E-state index < -0.39 is 12.0 Å². The highest BCUT2D eigenvalue weighted by Gasteiger charge is 2.30. The van der Waals surface area contributed by atoms with Gasteiger partial charge in [-0.1, -0.05) is 42.1 Å². The highest BCUT2D eigenvalue weighted by atomic mass is 32.2. The van der Waals surface area contributed by atoms with E-state index in [-0.39, 0.29) is 12.6 Å². The first-order chi connectivity index (χ1) is 15.6. The van der Waals surface area contributed by atoms with Gasteiger partial charge >= 0.3 is 12.0 Å². The van der Waals surface area contributed by atoms with E-state index in [1.807, 2.05) is 41.0 Å². The van der Waals surface area contributed by atoms with Crippen LogP contribution in [0, 0.1) is 0 Å². The number of urea groups is 1. The lowest BCUT2D eigenvalue weighted by atomic mass is 10.1. The van der Waals surface area contributed by atoms with Crippen LogP contribution in [0.25, 0.3) is 11.6 Å². The number of ether oxygens (including phenoxy) is 1. The average Bonchev–Trinajstić information content (AvgIpc) is 3.43. The maximum atomic E-state index is 12.5.